The molecule has 4 nitrogen and oxygen atoms in total. The van der Waals surface area contributed by atoms with Gasteiger partial charge in [0.15, 0.2) is 17.6 Å². The number of carbonyl (C=O) groups is 1. The number of hydrogen-bond acceptors (Lipinski definition) is 3. The number of para-hydroxylation sites is 2. The number of carbonyl (C=O) groups excluding carboxylic acids is 1. The fourth-order valence-corrected chi connectivity index (χ4v) is 1.47. The van der Waals surface area contributed by atoms with Crippen LogP contribution in [-0.4, -0.2) is 25.2 Å². The fourth-order valence-electron chi connectivity index (χ4n) is 1.47. The molecule has 0 heterocycles. The van der Waals surface area contributed by atoms with E-state index in [9.17, 15) is 4.79 Å². The van der Waals surface area contributed by atoms with E-state index in [2.05, 4.69) is 19.2 Å². The van der Waals surface area contributed by atoms with Crippen molar-refractivity contribution in [2.45, 2.75) is 39.8 Å². The average Bonchev–Trinajstić information content (AvgIpc) is 2.38. The molecule has 106 valence electrons. The van der Waals surface area contributed by atoms with Crippen molar-refractivity contribution in [3.63, 3.8) is 0 Å². The minimum atomic E-state index is -0.558. The van der Waals surface area contributed by atoms with Gasteiger partial charge in [0.2, 0.25) is 0 Å². The van der Waals surface area contributed by atoms with Gasteiger partial charge in [0, 0.05) is 6.04 Å². The topological polar surface area (TPSA) is 47.6 Å². The molecular weight excluding hydrogens is 242 g/mol. The van der Waals surface area contributed by atoms with Crippen LogP contribution in [0.5, 0.6) is 11.5 Å². The lowest BCUT2D eigenvalue weighted by Crippen LogP contribution is -2.43. The summed E-state index contributed by atoms with van der Waals surface area (Å²) in [6, 6.07) is 7.41. The molecule has 1 rings (SSSR count). The van der Waals surface area contributed by atoms with E-state index in [0.29, 0.717) is 17.4 Å². The van der Waals surface area contributed by atoms with E-state index in [1.54, 1.807) is 26.2 Å². The summed E-state index contributed by atoms with van der Waals surface area (Å²) < 4.78 is 10.8. The van der Waals surface area contributed by atoms with Gasteiger partial charge >= 0.3 is 0 Å². The molecule has 0 aliphatic carbocycles. The fraction of sp³-hybridized carbons (Fsp3) is 0.533. The molecule has 0 spiro atoms. The predicted octanol–water partition coefficient (Wildman–Crippen LogP) is 2.62. The number of rotatable bonds is 6. The third kappa shape index (κ3) is 4.47. The zero-order chi connectivity index (χ0) is 14.4. The van der Waals surface area contributed by atoms with Crippen LogP contribution in [0.2, 0.25) is 0 Å². The van der Waals surface area contributed by atoms with Crippen molar-refractivity contribution in [3.05, 3.63) is 24.3 Å². The van der Waals surface area contributed by atoms with E-state index in [4.69, 9.17) is 9.47 Å². The summed E-state index contributed by atoms with van der Waals surface area (Å²) in [5.74, 6) is 1.47. The van der Waals surface area contributed by atoms with Crippen molar-refractivity contribution in [1.82, 2.24) is 5.32 Å². The molecule has 0 unspecified atom stereocenters. The number of benzene rings is 1. The van der Waals surface area contributed by atoms with Gasteiger partial charge in [-0.25, -0.2) is 0 Å². The maximum atomic E-state index is 12.0. The van der Waals surface area contributed by atoms with Crippen molar-refractivity contribution >= 4 is 5.91 Å². The highest BCUT2D eigenvalue weighted by atomic mass is 16.5. The highest BCUT2D eigenvalue weighted by Gasteiger charge is 2.19. The van der Waals surface area contributed by atoms with E-state index < -0.39 is 6.10 Å². The van der Waals surface area contributed by atoms with Crippen molar-refractivity contribution in [2.24, 2.45) is 5.92 Å². The first-order valence-electron chi connectivity index (χ1n) is 6.55. The van der Waals surface area contributed by atoms with Crippen molar-refractivity contribution < 1.29 is 14.3 Å². The molecule has 1 aromatic rings. The zero-order valence-electron chi connectivity index (χ0n) is 12.3. The minimum absolute atomic E-state index is 0.118. The van der Waals surface area contributed by atoms with Crippen LogP contribution in [0.25, 0.3) is 0 Å². The summed E-state index contributed by atoms with van der Waals surface area (Å²) in [4.78, 5) is 12.0. The van der Waals surface area contributed by atoms with Crippen LogP contribution in [0.1, 0.15) is 27.7 Å². The SMILES string of the molecule is COc1ccccc1O[C@H](C)C(=O)N[C@H](C)C(C)C. The number of ether oxygens (including phenoxy) is 2. The highest BCUT2D eigenvalue weighted by Crippen LogP contribution is 2.26. The van der Waals surface area contributed by atoms with Gasteiger partial charge in [0.05, 0.1) is 7.11 Å². The molecule has 19 heavy (non-hydrogen) atoms. The quantitative estimate of drug-likeness (QED) is 0.860. The Labute approximate surface area is 115 Å². The number of methoxy groups -OCH3 is 1. The lowest BCUT2D eigenvalue weighted by Gasteiger charge is -2.21. The molecule has 0 aromatic heterocycles. The largest absolute Gasteiger partial charge is 0.493 e. The maximum absolute atomic E-state index is 12.0. The zero-order valence-corrected chi connectivity index (χ0v) is 12.3. The van der Waals surface area contributed by atoms with Crippen molar-refractivity contribution in [1.29, 1.82) is 0 Å². The molecular formula is C15H23NO3. The van der Waals surface area contributed by atoms with Gasteiger partial charge < -0.3 is 14.8 Å². The normalized spacial score (nSPS) is 13.8. The van der Waals surface area contributed by atoms with Crippen LogP contribution in [0.3, 0.4) is 0 Å². The Morgan fingerprint density at radius 1 is 1.11 bits per heavy atom. The van der Waals surface area contributed by atoms with Gasteiger partial charge in [-0.2, -0.15) is 0 Å². The number of hydrogen-bond donors (Lipinski definition) is 1. The lowest BCUT2D eigenvalue weighted by molar-refractivity contribution is -0.128. The van der Waals surface area contributed by atoms with Crippen molar-refractivity contribution in [3.8, 4) is 11.5 Å². The van der Waals surface area contributed by atoms with E-state index >= 15 is 0 Å². The molecule has 0 aliphatic rings. The number of nitrogens with one attached hydrogen (secondary N) is 1. The molecule has 0 bridgehead atoms. The van der Waals surface area contributed by atoms with Crippen LogP contribution in [-0.2, 0) is 4.79 Å². The standard InChI is InChI=1S/C15H23NO3/c1-10(2)11(3)16-15(17)12(4)19-14-9-7-6-8-13(14)18-5/h6-12H,1-5H3,(H,16,17)/t11-,12-/m1/s1. The molecule has 0 saturated carbocycles. The van der Waals surface area contributed by atoms with E-state index in [1.807, 2.05) is 19.1 Å². The van der Waals surface area contributed by atoms with Gasteiger partial charge in [-0.1, -0.05) is 26.0 Å². The average molecular weight is 265 g/mol. The van der Waals surface area contributed by atoms with E-state index in [-0.39, 0.29) is 11.9 Å². The van der Waals surface area contributed by atoms with E-state index in [0.717, 1.165) is 0 Å². The van der Waals surface area contributed by atoms with Gasteiger partial charge in [0.1, 0.15) is 0 Å². The summed E-state index contributed by atoms with van der Waals surface area (Å²) in [7, 11) is 1.58. The second-order valence-electron chi connectivity index (χ2n) is 4.95. The monoisotopic (exact) mass is 265 g/mol. The molecule has 0 fully saturated rings. The Kier molecular flexibility index (Phi) is 5.67. The Bertz CT molecular complexity index is 418. The summed E-state index contributed by atoms with van der Waals surface area (Å²) in [5.41, 5.74) is 0. The maximum Gasteiger partial charge on any atom is 0.260 e. The Balaban J connectivity index is 2.63. The van der Waals surface area contributed by atoms with Gasteiger partial charge in [-0.3, -0.25) is 4.79 Å². The van der Waals surface area contributed by atoms with Crippen LogP contribution in [0.4, 0.5) is 0 Å². The molecule has 0 radical (unpaired) electrons. The summed E-state index contributed by atoms with van der Waals surface area (Å²) in [5, 5.41) is 2.93. The summed E-state index contributed by atoms with van der Waals surface area (Å²) >= 11 is 0. The highest BCUT2D eigenvalue weighted by molar-refractivity contribution is 5.81. The van der Waals surface area contributed by atoms with Gasteiger partial charge in [-0.15, -0.1) is 0 Å². The summed E-state index contributed by atoms with van der Waals surface area (Å²) in [6.07, 6.45) is -0.558. The minimum Gasteiger partial charge on any atom is -0.493 e. The van der Waals surface area contributed by atoms with Gasteiger partial charge in [-0.05, 0) is 31.9 Å². The third-order valence-corrected chi connectivity index (χ3v) is 3.11. The summed E-state index contributed by atoms with van der Waals surface area (Å²) in [6.45, 7) is 7.85. The van der Waals surface area contributed by atoms with Crippen LogP contribution in [0.15, 0.2) is 24.3 Å². The first-order valence-corrected chi connectivity index (χ1v) is 6.55. The molecule has 2 atom stereocenters. The Hall–Kier alpha value is -1.71. The van der Waals surface area contributed by atoms with Crippen molar-refractivity contribution in [2.75, 3.05) is 7.11 Å². The molecule has 1 N–H and O–H groups in total. The molecule has 1 aromatic carbocycles. The predicted molar refractivity (Wildman–Crippen MR) is 75.5 cm³/mol. The molecule has 0 aliphatic heterocycles. The lowest BCUT2D eigenvalue weighted by atomic mass is 10.1. The first kappa shape index (κ1) is 15.3. The molecule has 0 saturated heterocycles. The number of amides is 1. The second-order valence-corrected chi connectivity index (χ2v) is 4.95. The van der Waals surface area contributed by atoms with E-state index in [1.165, 1.54) is 0 Å². The second kappa shape index (κ2) is 7.02. The van der Waals surface area contributed by atoms with Gasteiger partial charge in [0.25, 0.3) is 5.91 Å². The molecule has 4 heteroatoms. The first-order chi connectivity index (χ1) is 8.95. The Morgan fingerprint density at radius 2 is 1.68 bits per heavy atom. The van der Waals surface area contributed by atoms with Crippen LogP contribution >= 0.6 is 0 Å². The Morgan fingerprint density at radius 3 is 2.21 bits per heavy atom. The third-order valence-electron chi connectivity index (χ3n) is 3.11. The molecule has 1 amide bonds. The van der Waals surface area contributed by atoms with Crippen LogP contribution in [0, 0.1) is 5.92 Å². The smallest absolute Gasteiger partial charge is 0.260 e. The van der Waals surface area contributed by atoms with Crippen LogP contribution < -0.4 is 14.8 Å².